The average Bonchev–Trinajstić information content (AvgIpc) is 3.22. The van der Waals surface area contributed by atoms with E-state index in [1.807, 2.05) is 62.4 Å². The Balaban J connectivity index is 1.43. The molecule has 2 aromatic carbocycles. The van der Waals surface area contributed by atoms with Crippen molar-refractivity contribution in [2.75, 3.05) is 5.75 Å². The molecule has 0 spiro atoms. The lowest BCUT2D eigenvalue weighted by molar-refractivity contribution is -0.118. The highest BCUT2D eigenvalue weighted by Crippen LogP contribution is 2.35. The second-order valence-electron chi connectivity index (χ2n) is 8.76. The van der Waals surface area contributed by atoms with Crippen LogP contribution in [0.3, 0.4) is 0 Å². The summed E-state index contributed by atoms with van der Waals surface area (Å²) in [7, 11) is 0. The number of thioether (sulfide) groups is 1. The molecule has 0 fully saturated rings. The number of carbonyl (C=O) groups excluding carboxylic acids is 1. The van der Waals surface area contributed by atoms with Crippen LogP contribution in [0.4, 0.5) is 0 Å². The van der Waals surface area contributed by atoms with E-state index in [0.717, 1.165) is 63.8 Å². The molecule has 2 heterocycles. The smallest absolute Gasteiger partial charge is 0.267 e. The minimum atomic E-state index is -0.255. The van der Waals surface area contributed by atoms with Gasteiger partial charge in [-0.25, -0.2) is 10.4 Å². The van der Waals surface area contributed by atoms with Crippen molar-refractivity contribution < 1.29 is 4.79 Å². The lowest BCUT2D eigenvalue weighted by atomic mass is 9.97. The Morgan fingerprint density at radius 1 is 1.14 bits per heavy atom. The van der Waals surface area contributed by atoms with E-state index in [2.05, 4.69) is 10.5 Å². The highest BCUT2D eigenvalue weighted by Gasteiger charge is 2.23. The van der Waals surface area contributed by atoms with Crippen molar-refractivity contribution in [3.05, 3.63) is 86.0 Å². The first kappa shape index (κ1) is 23.5. The average molecular weight is 503 g/mol. The summed E-state index contributed by atoms with van der Waals surface area (Å²) in [5.41, 5.74) is 7.59. The summed E-state index contributed by atoms with van der Waals surface area (Å²) in [5.74, 6) is -0.158. The molecule has 0 atom stereocenters. The van der Waals surface area contributed by atoms with Gasteiger partial charge in [-0.2, -0.15) is 5.10 Å². The number of thiophene rings is 1. The Bertz CT molecular complexity index is 1490. The lowest BCUT2D eigenvalue weighted by Gasteiger charge is -2.13. The monoisotopic (exact) mass is 502 g/mol. The number of hydrazone groups is 1. The fraction of sp³-hybridized carbons (Fsp3) is 0.259. The molecule has 0 aliphatic heterocycles. The van der Waals surface area contributed by atoms with Crippen LogP contribution < -0.4 is 11.0 Å². The molecule has 2 aromatic heterocycles. The van der Waals surface area contributed by atoms with Crippen molar-refractivity contribution in [2.24, 2.45) is 5.10 Å². The van der Waals surface area contributed by atoms with Crippen LogP contribution in [0.15, 0.2) is 63.6 Å². The van der Waals surface area contributed by atoms with Crippen LogP contribution in [0.1, 0.15) is 40.0 Å². The maximum atomic E-state index is 13.8. The quantitative estimate of drug-likeness (QED) is 0.170. The molecule has 178 valence electrons. The molecule has 1 amide bonds. The third kappa shape index (κ3) is 5.09. The van der Waals surface area contributed by atoms with Gasteiger partial charge in [0.2, 0.25) is 0 Å². The van der Waals surface area contributed by atoms with Crippen LogP contribution in [-0.2, 0) is 17.6 Å². The number of benzene rings is 2. The van der Waals surface area contributed by atoms with Gasteiger partial charge in [-0.05, 0) is 62.8 Å². The highest BCUT2D eigenvalue weighted by molar-refractivity contribution is 7.99. The van der Waals surface area contributed by atoms with Crippen molar-refractivity contribution in [3.8, 4) is 5.69 Å². The number of rotatable bonds is 6. The molecule has 1 aliphatic rings. The molecule has 5 rings (SSSR count). The third-order valence-electron chi connectivity index (χ3n) is 6.03. The molecular formula is C27H26N4O2S2. The fourth-order valence-electron chi connectivity index (χ4n) is 4.30. The van der Waals surface area contributed by atoms with E-state index in [1.165, 1.54) is 16.6 Å². The van der Waals surface area contributed by atoms with Crippen LogP contribution in [0.2, 0.25) is 0 Å². The van der Waals surface area contributed by atoms with Gasteiger partial charge in [0.15, 0.2) is 5.16 Å². The van der Waals surface area contributed by atoms with Gasteiger partial charge < -0.3 is 0 Å². The van der Waals surface area contributed by atoms with E-state index in [9.17, 15) is 9.59 Å². The predicted molar refractivity (Wildman–Crippen MR) is 144 cm³/mol. The molecule has 8 heteroatoms. The molecule has 6 nitrogen and oxygen atoms in total. The van der Waals surface area contributed by atoms with Crippen LogP contribution in [0.25, 0.3) is 15.9 Å². The minimum Gasteiger partial charge on any atom is -0.272 e. The summed E-state index contributed by atoms with van der Waals surface area (Å²) in [6, 6.07) is 15.7. The number of carbonyl (C=O) groups is 1. The van der Waals surface area contributed by atoms with Crippen LogP contribution >= 0.6 is 23.1 Å². The summed E-state index contributed by atoms with van der Waals surface area (Å²) in [4.78, 5) is 33.2. The van der Waals surface area contributed by atoms with Gasteiger partial charge >= 0.3 is 0 Å². The molecule has 0 saturated heterocycles. The first-order valence-corrected chi connectivity index (χ1v) is 13.5. The minimum absolute atomic E-state index is 0.0568. The molecule has 0 unspecified atom stereocenters. The Kier molecular flexibility index (Phi) is 6.83. The standard InChI is InChI=1S/C27H26N4O2S2/c1-17-10-12-20(13-11-17)31-26(33)24-21-8-3-4-9-22(21)35-25(24)29-27(31)34-16-23(32)30-28-15-19-7-5-6-18(2)14-19/h5-7,10-15H,3-4,8-9,16H2,1-2H3,(H,30,32)/b28-15-. The Morgan fingerprint density at radius 2 is 1.94 bits per heavy atom. The van der Waals surface area contributed by atoms with Gasteiger partial charge in [0.25, 0.3) is 11.5 Å². The third-order valence-corrected chi connectivity index (χ3v) is 8.15. The van der Waals surface area contributed by atoms with Crippen LogP contribution in [0.5, 0.6) is 0 Å². The first-order valence-electron chi connectivity index (χ1n) is 11.7. The van der Waals surface area contributed by atoms with Crippen molar-refractivity contribution in [1.82, 2.24) is 15.0 Å². The van der Waals surface area contributed by atoms with E-state index in [-0.39, 0.29) is 17.2 Å². The second-order valence-corrected chi connectivity index (χ2v) is 10.8. The summed E-state index contributed by atoms with van der Waals surface area (Å²) < 4.78 is 1.65. The van der Waals surface area contributed by atoms with Crippen LogP contribution in [0, 0.1) is 13.8 Å². The zero-order valence-corrected chi connectivity index (χ0v) is 21.3. The lowest BCUT2D eigenvalue weighted by Crippen LogP contribution is -2.24. The number of hydrogen-bond donors (Lipinski definition) is 1. The van der Waals surface area contributed by atoms with Crippen molar-refractivity contribution in [1.29, 1.82) is 0 Å². The van der Waals surface area contributed by atoms with E-state index in [0.29, 0.717) is 5.16 Å². The SMILES string of the molecule is Cc1ccc(-n2c(SCC(=O)N/N=C\c3cccc(C)c3)nc3sc4c(c3c2=O)CCCC4)cc1. The number of aryl methyl sites for hydroxylation is 4. The Labute approximate surface area is 212 Å². The molecule has 0 radical (unpaired) electrons. The van der Waals surface area contributed by atoms with Crippen LogP contribution in [-0.4, -0.2) is 27.4 Å². The molecule has 35 heavy (non-hydrogen) atoms. The highest BCUT2D eigenvalue weighted by atomic mass is 32.2. The van der Waals surface area contributed by atoms with E-state index in [4.69, 9.17) is 4.98 Å². The fourth-order valence-corrected chi connectivity index (χ4v) is 6.40. The van der Waals surface area contributed by atoms with Gasteiger partial charge in [-0.15, -0.1) is 11.3 Å². The molecule has 4 aromatic rings. The number of nitrogens with one attached hydrogen (secondary N) is 1. The summed E-state index contributed by atoms with van der Waals surface area (Å²) in [6.45, 7) is 4.02. The van der Waals surface area contributed by atoms with Gasteiger partial charge in [0.1, 0.15) is 4.83 Å². The van der Waals surface area contributed by atoms with E-state index in [1.54, 1.807) is 22.1 Å². The van der Waals surface area contributed by atoms with Crippen molar-refractivity contribution in [2.45, 2.75) is 44.7 Å². The predicted octanol–water partition coefficient (Wildman–Crippen LogP) is 5.19. The zero-order valence-electron chi connectivity index (χ0n) is 19.7. The van der Waals surface area contributed by atoms with Crippen molar-refractivity contribution >= 4 is 45.4 Å². The molecular weight excluding hydrogens is 476 g/mol. The van der Waals surface area contributed by atoms with E-state index < -0.39 is 0 Å². The maximum Gasteiger partial charge on any atom is 0.267 e. The van der Waals surface area contributed by atoms with E-state index >= 15 is 0 Å². The topological polar surface area (TPSA) is 76.3 Å². The largest absolute Gasteiger partial charge is 0.272 e. The maximum absolute atomic E-state index is 13.8. The molecule has 1 N–H and O–H groups in total. The normalized spacial score (nSPS) is 13.3. The number of aromatic nitrogens is 2. The molecule has 1 aliphatic carbocycles. The van der Waals surface area contributed by atoms with Gasteiger partial charge in [0.05, 0.1) is 23.0 Å². The van der Waals surface area contributed by atoms with Gasteiger partial charge in [-0.3, -0.25) is 14.2 Å². The van der Waals surface area contributed by atoms with Gasteiger partial charge in [-0.1, -0.05) is 59.3 Å². The summed E-state index contributed by atoms with van der Waals surface area (Å²) in [6.07, 6.45) is 5.80. The summed E-state index contributed by atoms with van der Waals surface area (Å²) in [5, 5.41) is 5.33. The number of nitrogens with zero attached hydrogens (tertiary/aromatic N) is 3. The molecule has 0 saturated carbocycles. The Hall–Kier alpha value is -3.23. The first-order chi connectivity index (χ1) is 17.0. The Morgan fingerprint density at radius 3 is 2.74 bits per heavy atom. The number of hydrogen-bond acceptors (Lipinski definition) is 6. The van der Waals surface area contributed by atoms with Crippen molar-refractivity contribution in [3.63, 3.8) is 0 Å². The number of amides is 1. The second kappa shape index (κ2) is 10.2. The summed E-state index contributed by atoms with van der Waals surface area (Å²) >= 11 is 2.87. The molecule has 0 bridgehead atoms. The zero-order chi connectivity index (χ0) is 24.4. The van der Waals surface area contributed by atoms with Gasteiger partial charge in [0, 0.05) is 4.88 Å². The number of fused-ring (bicyclic) bond motifs is 3.